The van der Waals surface area contributed by atoms with Gasteiger partial charge in [-0.1, -0.05) is 39.0 Å². The van der Waals surface area contributed by atoms with E-state index in [-0.39, 0.29) is 55.5 Å². The number of nitrogens with zero attached hydrogens (tertiary/aromatic N) is 6. The number of piperidine rings is 1. The van der Waals surface area contributed by atoms with Crippen LogP contribution in [0.4, 0.5) is 26.5 Å². The van der Waals surface area contributed by atoms with Gasteiger partial charge in [0.25, 0.3) is 5.91 Å². The number of hydrogen-bond acceptors (Lipinski definition) is 10. The summed E-state index contributed by atoms with van der Waals surface area (Å²) in [6, 6.07) is 11.6. The predicted octanol–water partition coefficient (Wildman–Crippen LogP) is 3.90. The van der Waals surface area contributed by atoms with E-state index < -0.39 is 23.7 Å². The highest BCUT2D eigenvalue weighted by atomic mass is 19.1. The highest BCUT2D eigenvalue weighted by Gasteiger charge is 2.40. The number of anilines is 3. The van der Waals surface area contributed by atoms with Crippen molar-refractivity contribution in [3.8, 4) is 0 Å². The Morgan fingerprint density at radius 2 is 1.82 bits per heavy atom. The first-order valence-electron chi connectivity index (χ1n) is 18.8. The smallest absolute Gasteiger partial charge is 0.321 e. The third-order valence-corrected chi connectivity index (χ3v) is 10.6. The second kappa shape index (κ2) is 16.0. The Morgan fingerprint density at radius 3 is 2.51 bits per heavy atom. The molecule has 2 atom stereocenters. The number of halogens is 1. The lowest BCUT2D eigenvalue weighted by atomic mass is 10.0. The number of piperazine rings is 1. The van der Waals surface area contributed by atoms with Gasteiger partial charge < -0.3 is 30.9 Å². The second-order valence-corrected chi connectivity index (χ2v) is 14.7. The van der Waals surface area contributed by atoms with Crippen LogP contribution in [0.3, 0.4) is 0 Å². The van der Waals surface area contributed by atoms with E-state index in [1.165, 1.54) is 11.0 Å². The topological polar surface area (TPSA) is 177 Å². The van der Waals surface area contributed by atoms with Crippen LogP contribution in [0.5, 0.6) is 0 Å². The molecule has 15 nitrogen and oxygen atoms in total. The normalized spacial score (nSPS) is 18.1. The zero-order valence-electron chi connectivity index (χ0n) is 31.3. The molecule has 55 heavy (non-hydrogen) atoms. The molecule has 0 spiro atoms. The molecule has 0 saturated carbocycles. The van der Waals surface area contributed by atoms with E-state index in [0.717, 1.165) is 29.0 Å². The van der Waals surface area contributed by atoms with Crippen LogP contribution >= 0.6 is 0 Å². The zero-order valence-corrected chi connectivity index (χ0v) is 31.3. The minimum Gasteiger partial charge on any atom is -0.394 e. The van der Waals surface area contributed by atoms with Crippen molar-refractivity contribution >= 4 is 46.7 Å². The Balaban J connectivity index is 0.911. The maximum absolute atomic E-state index is 15.2. The fraction of sp³-hybridized carbons (Fsp3) is 0.436. The number of rotatable bonds is 12. The van der Waals surface area contributed by atoms with Crippen molar-refractivity contribution in [2.75, 3.05) is 48.7 Å². The molecule has 5 heterocycles. The molecule has 4 aromatic rings. The van der Waals surface area contributed by atoms with Gasteiger partial charge in [-0.05, 0) is 53.6 Å². The van der Waals surface area contributed by atoms with Crippen molar-refractivity contribution in [2.45, 2.75) is 77.7 Å². The summed E-state index contributed by atoms with van der Waals surface area (Å²) in [7, 11) is 0. The lowest BCUT2D eigenvalue weighted by Crippen LogP contribution is -2.52. The number of hydrogen-bond donors (Lipinski definition) is 5. The van der Waals surface area contributed by atoms with Gasteiger partial charge in [0.15, 0.2) is 5.65 Å². The molecule has 0 aliphatic carbocycles. The van der Waals surface area contributed by atoms with Gasteiger partial charge in [-0.3, -0.25) is 24.6 Å². The quantitative estimate of drug-likeness (QED) is 0.133. The molecule has 290 valence electrons. The van der Waals surface area contributed by atoms with Gasteiger partial charge in [0.1, 0.15) is 23.5 Å². The molecular weight excluding hydrogens is 707 g/mol. The molecule has 0 bridgehead atoms. The van der Waals surface area contributed by atoms with E-state index in [4.69, 9.17) is 4.98 Å². The summed E-state index contributed by atoms with van der Waals surface area (Å²) >= 11 is 0. The first-order chi connectivity index (χ1) is 26.5. The van der Waals surface area contributed by atoms with Gasteiger partial charge in [0.2, 0.25) is 11.8 Å². The zero-order chi connectivity index (χ0) is 38.8. The number of nitrogens with one attached hydrogen (secondary N) is 4. The number of fused-ring (bicyclic) bond motifs is 2. The fourth-order valence-electron chi connectivity index (χ4n) is 7.35. The molecule has 0 radical (unpaired) electrons. The van der Waals surface area contributed by atoms with Crippen LogP contribution in [0, 0.1) is 5.82 Å². The molecule has 2 aromatic carbocycles. The Labute approximate surface area is 318 Å². The lowest BCUT2D eigenvalue weighted by molar-refractivity contribution is -0.136. The molecule has 3 aliphatic heterocycles. The standard InChI is InChI=1S/C39H47FN10O5/c1-4-27(22-51)43-32-17-33(50-36(45-32)29(19-42-50)23(2)3)41-18-24-5-7-28(8-6-24)44-39(55)48-13-11-47(12-14-48)20-25-15-26-21-49(38(54)35(26)30(40)16-25)31-9-10-34(52)46-37(31)53/h5-8,15-17,19,23,27,31,41,51H,4,9-14,18,20-22H2,1-3H3,(H,43,45)(H,44,55)(H,46,52,53). The molecule has 2 saturated heterocycles. The number of aliphatic hydroxyl groups is 1. The third-order valence-electron chi connectivity index (χ3n) is 10.6. The van der Waals surface area contributed by atoms with E-state index in [9.17, 15) is 24.3 Å². The van der Waals surface area contributed by atoms with Gasteiger partial charge in [0.05, 0.1) is 24.4 Å². The van der Waals surface area contributed by atoms with E-state index >= 15 is 4.39 Å². The Kier molecular flexibility index (Phi) is 11.0. The van der Waals surface area contributed by atoms with Crippen molar-refractivity contribution in [2.24, 2.45) is 0 Å². The average Bonchev–Trinajstić information content (AvgIpc) is 3.75. The number of amides is 5. The summed E-state index contributed by atoms with van der Waals surface area (Å²) in [5, 5.41) is 26.4. The molecule has 3 aliphatic rings. The fourth-order valence-corrected chi connectivity index (χ4v) is 7.35. The van der Waals surface area contributed by atoms with Gasteiger partial charge in [-0.25, -0.2) is 14.2 Å². The van der Waals surface area contributed by atoms with Crippen molar-refractivity contribution in [3.63, 3.8) is 0 Å². The molecule has 2 unspecified atom stereocenters. The number of urea groups is 1. The van der Waals surface area contributed by atoms with Crippen LogP contribution < -0.4 is 21.3 Å². The van der Waals surface area contributed by atoms with Crippen molar-refractivity contribution in [1.82, 2.24) is 34.6 Å². The summed E-state index contributed by atoms with van der Waals surface area (Å²) < 4.78 is 17.0. The number of aliphatic hydroxyl groups excluding tert-OH is 1. The Morgan fingerprint density at radius 1 is 1.05 bits per heavy atom. The molecular formula is C39H47FN10O5. The number of carbonyl (C=O) groups is 4. The summed E-state index contributed by atoms with van der Waals surface area (Å²) in [4.78, 5) is 60.2. The van der Waals surface area contributed by atoms with Gasteiger partial charge in [-0.15, -0.1) is 0 Å². The molecule has 7 rings (SSSR count). The lowest BCUT2D eigenvalue weighted by Gasteiger charge is -2.34. The van der Waals surface area contributed by atoms with Crippen molar-refractivity contribution in [3.05, 3.63) is 82.3 Å². The van der Waals surface area contributed by atoms with Crippen LogP contribution in [0.2, 0.25) is 0 Å². The summed E-state index contributed by atoms with van der Waals surface area (Å²) in [5.41, 5.74) is 4.68. The van der Waals surface area contributed by atoms with E-state index in [1.807, 2.05) is 49.5 Å². The summed E-state index contributed by atoms with van der Waals surface area (Å²) in [6.45, 7) is 9.43. The van der Waals surface area contributed by atoms with Crippen LogP contribution in [-0.4, -0.2) is 103 Å². The first kappa shape index (κ1) is 37.7. The van der Waals surface area contributed by atoms with E-state index in [2.05, 4.69) is 45.1 Å². The molecule has 2 fully saturated rings. The minimum absolute atomic E-state index is 0.00159. The monoisotopic (exact) mass is 754 g/mol. The Bertz CT molecular complexity index is 2090. The summed E-state index contributed by atoms with van der Waals surface area (Å²) in [5.74, 6) is -0.403. The average molecular weight is 755 g/mol. The number of aromatic nitrogens is 3. The van der Waals surface area contributed by atoms with Crippen molar-refractivity contribution < 1.29 is 28.7 Å². The summed E-state index contributed by atoms with van der Waals surface area (Å²) in [6.07, 6.45) is 2.94. The van der Waals surface area contributed by atoms with E-state index in [0.29, 0.717) is 61.9 Å². The third kappa shape index (κ3) is 8.10. The molecule has 5 N–H and O–H groups in total. The maximum Gasteiger partial charge on any atom is 0.321 e. The Hall–Kier alpha value is -5.61. The first-order valence-corrected chi connectivity index (χ1v) is 18.8. The highest BCUT2D eigenvalue weighted by Crippen LogP contribution is 2.31. The largest absolute Gasteiger partial charge is 0.394 e. The van der Waals surface area contributed by atoms with Gasteiger partial charge in [-0.2, -0.15) is 9.61 Å². The van der Waals surface area contributed by atoms with Gasteiger partial charge in [0, 0.05) is 69.6 Å². The highest BCUT2D eigenvalue weighted by molar-refractivity contribution is 6.05. The van der Waals surface area contributed by atoms with Crippen LogP contribution in [0.15, 0.2) is 48.7 Å². The van der Waals surface area contributed by atoms with Gasteiger partial charge >= 0.3 is 6.03 Å². The van der Waals surface area contributed by atoms with E-state index in [1.54, 1.807) is 9.42 Å². The SMILES string of the molecule is CCC(CO)Nc1cc(NCc2ccc(NC(=O)N3CCN(Cc4cc(F)c5c(c4)CN(C4CCC(=O)NC4=O)C5=O)CC3)cc2)n2ncc(C(C)C)c2n1. The van der Waals surface area contributed by atoms with Crippen LogP contribution in [0.25, 0.3) is 5.65 Å². The van der Waals surface area contributed by atoms with Crippen molar-refractivity contribution in [1.29, 1.82) is 0 Å². The number of carbonyl (C=O) groups excluding carboxylic acids is 4. The number of imide groups is 1. The molecule has 2 aromatic heterocycles. The van der Waals surface area contributed by atoms with Crippen LogP contribution in [-0.2, 0) is 29.2 Å². The maximum atomic E-state index is 15.2. The molecule has 16 heteroatoms. The number of benzene rings is 2. The van der Waals surface area contributed by atoms with Crippen LogP contribution in [0.1, 0.15) is 78.6 Å². The minimum atomic E-state index is -0.802. The molecule has 5 amide bonds. The second-order valence-electron chi connectivity index (χ2n) is 14.7. The predicted molar refractivity (Wildman–Crippen MR) is 204 cm³/mol.